The van der Waals surface area contributed by atoms with Gasteiger partial charge >= 0.3 is 6.03 Å². The van der Waals surface area contributed by atoms with Gasteiger partial charge in [-0.15, -0.1) is 0 Å². The van der Waals surface area contributed by atoms with E-state index < -0.39 is 6.03 Å². The van der Waals surface area contributed by atoms with Gasteiger partial charge in [-0.05, 0) is 46.0 Å². The highest BCUT2D eigenvalue weighted by Gasteiger charge is 2.12. The van der Waals surface area contributed by atoms with Crippen molar-refractivity contribution in [3.8, 4) is 0 Å². The average Bonchev–Trinajstić information content (AvgIpc) is 2.55. The number of carbonyl (C=O) groups excluding carboxylic acids is 2. The van der Waals surface area contributed by atoms with Crippen LogP contribution in [0.5, 0.6) is 0 Å². The second-order valence-corrected chi connectivity index (χ2v) is 7.00. The summed E-state index contributed by atoms with van der Waals surface area (Å²) in [5.41, 5.74) is 1.41. The number of thiocarbonyl (C=S) groups is 1. The summed E-state index contributed by atoms with van der Waals surface area (Å²) in [6.07, 6.45) is 7.89. The molecule has 0 bridgehead atoms. The fraction of sp³-hybridized carbons (Fsp3) is 0.688. The molecule has 0 fully saturated rings. The molecule has 0 aromatic rings. The molecule has 0 aromatic heterocycles. The summed E-state index contributed by atoms with van der Waals surface area (Å²) in [4.78, 5) is 25.4. The van der Waals surface area contributed by atoms with E-state index in [1.54, 1.807) is 0 Å². The number of allylic oxidation sites excluding steroid dienone is 1. The third-order valence-electron chi connectivity index (χ3n) is 3.72. The first-order chi connectivity index (χ1) is 11.1. The number of nitrogens with one attached hydrogen (secondary N) is 2. The van der Waals surface area contributed by atoms with Gasteiger partial charge < -0.3 is 10.2 Å². The van der Waals surface area contributed by atoms with Crippen LogP contribution in [0.25, 0.3) is 0 Å². The first-order valence-corrected chi connectivity index (χ1v) is 9.63. The van der Waals surface area contributed by atoms with E-state index in [-0.39, 0.29) is 11.7 Å². The molecule has 130 valence electrons. The molecule has 0 unspecified atom stereocenters. The van der Waals surface area contributed by atoms with Gasteiger partial charge in [0.15, 0.2) is 0 Å². The summed E-state index contributed by atoms with van der Waals surface area (Å²) in [5, 5.41) is 5.07. The Labute approximate surface area is 148 Å². The number of nitrogens with zero attached hydrogens (tertiary/aromatic N) is 1. The number of amides is 3. The molecule has 0 heterocycles. The number of carbonyl (C=O) groups is 2. The Balaban J connectivity index is 2.16. The molecule has 7 heteroatoms. The second-order valence-electron chi connectivity index (χ2n) is 5.39. The van der Waals surface area contributed by atoms with Crippen LogP contribution in [0.4, 0.5) is 4.79 Å². The quantitative estimate of drug-likeness (QED) is 0.542. The largest absolute Gasteiger partial charge is 0.358 e. The van der Waals surface area contributed by atoms with Crippen LogP contribution < -0.4 is 10.6 Å². The van der Waals surface area contributed by atoms with Crippen molar-refractivity contribution in [2.45, 2.75) is 46.0 Å². The molecule has 0 radical (unpaired) electrons. The number of imide groups is 1. The summed E-state index contributed by atoms with van der Waals surface area (Å²) < 4.78 is 0.690. The zero-order valence-electron chi connectivity index (χ0n) is 14.0. The van der Waals surface area contributed by atoms with Crippen molar-refractivity contribution in [3.63, 3.8) is 0 Å². The predicted molar refractivity (Wildman–Crippen MR) is 101 cm³/mol. The Bertz CT molecular complexity index is 449. The van der Waals surface area contributed by atoms with Crippen molar-refractivity contribution in [1.29, 1.82) is 0 Å². The summed E-state index contributed by atoms with van der Waals surface area (Å²) in [6.45, 7) is 6.24. The molecule has 1 aliphatic rings. The lowest BCUT2D eigenvalue weighted by Gasteiger charge is -2.20. The SMILES string of the molecule is CCN(CC)C(=S)SCC(=O)NC(=O)NCCC1=CCCCC1. The Kier molecular flexibility index (Phi) is 9.94. The summed E-state index contributed by atoms with van der Waals surface area (Å²) in [7, 11) is 0. The molecule has 0 spiro atoms. The number of hydrogen-bond donors (Lipinski definition) is 2. The normalized spacial score (nSPS) is 13.9. The van der Waals surface area contributed by atoms with E-state index in [1.165, 1.54) is 30.2 Å². The highest BCUT2D eigenvalue weighted by Crippen LogP contribution is 2.19. The highest BCUT2D eigenvalue weighted by molar-refractivity contribution is 8.23. The Morgan fingerprint density at radius 2 is 2.04 bits per heavy atom. The molecule has 23 heavy (non-hydrogen) atoms. The third kappa shape index (κ3) is 8.37. The smallest absolute Gasteiger partial charge is 0.321 e. The van der Waals surface area contributed by atoms with Crippen molar-refractivity contribution in [2.75, 3.05) is 25.4 Å². The maximum atomic E-state index is 11.7. The van der Waals surface area contributed by atoms with Gasteiger partial charge in [-0.3, -0.25) is 10.1 Å². The van der Waals surface area contributed by atoms with Gasteiger partial charge in [0, 0.05) is 19.6 Å². The molecule has 1 rings (SSSR count). The van der Waals surface area contributed by atoms with E-state index in [0.29, 0.717) is 10.9 Å². The van der Waals surface area contributed by atoms with Gasteiger partial charge in [-0.1, -0.05) is 35.6 Å². The molecule has 5 nitrogen and oxygen atoms in total. The van der Waals surface area contributed by atoms with Gasteiger partial charge in [-0.2, -0.15) is 0 Å². The number of urea groups is 1. The van der Waals surface area contributed by atoms with Crippen LogP contribution >= 0.6 is 24.0 Å². The topological polar surface area (TPSA) is 61.4 Å². The summed E-state index contributed by atoms with van der Waals surface area (Å²) in [6, 6.07) is -0.430. The van der Waals surface area contributed by atoms with Crippen LogP contribution in [0.2, 0.25) is 0 Å². The first kappa shape index (κ1) is 20.0. The van der Waals surface area contributed by atoms with Crippen molar-refractivity contribution in [1.82, 2.24) is 15.5 Å². The second kappa shape index (κ2) is 11.5. The van der Waals surface area contributed by atoms with Gasteiger partial charge in [0.1, 0.15) is 4.32 Å². The standard InChI is InChI=1S/C16H27N3O2S2/c1-3-19(4-2)16(22)23-12-14(20)18-15(21)17-11-10-13-8-6-5-7-9-13/h8H,3-7,9-12H2,1-2H3,(H2,17,18,20,21). The van der Waals surface area contributed by atoms with E-state index in [0.717, 1.165) is 32.4 Å². The maximum Gasteiger partial charge on any atom is 0.321 e. The molecule has 3 amide bonds. The molecule has 1 aliphatic carbocycles. The van der Waals surface area contributed by atoms with E-state index in [2.05, 4.69) is 16.7 Å². The predicted octanol–water partition coefficient (Wildman–Crippen LogP) is 3.06. The first-order valence-electron chi connectivity index (χ1n) is 8.24. The van der Waals surface area contributed by atoms with E-state index in [1.807, 2.05) is 18.7 Å². The van der Waals surface area contributed by atoms with Crippen LogP contribution in [0.15, 0.2) is 11.6 Å². The van der Waals surface area contributed by atoms with Crippen molar-refractivity contribution in [2.24, 2.45) is 0 Å². The van der Waals surface area contributed by atoms with Crippen LogP contribution in [0.3, 0.4) is 0 Å². The van der Waals surface area contributed by atoms with Crippen molar-refractivity contribution < 1.29 is 9.59 Å². The zero-order valence-corrected chi connectivity index (χ0v) is 15.7. The highest BCUT2D eigenvalue weighted by atomic mass is 32.2. The van der Waals surface area contributed by atoms with Crippen LogP contribution in [0, 0.1) is 0 Å². The minimum absolute atomic E-state index is 0.161. The number of rotatable bonds is 7. The van der Waals surface area contributed by atoms with Gasteiger partial charge in [-0.25, -0.2) is 4.79 Å². The van der Waals surface area contributed by atoms with Crippen molar-refractivity contribution >= 4 is 40.2 Å². The van der Waals surface area contributed by atoms with E-state index >= 15 is 0 Å². The van der Waals surface area contributed by atoms with Gasteiger partial charge in [0.2, 0.25) is 5.91 Å². The lowest BCUT2D eigenvalue weighted by molar-refractivity contribution is -0.117. The maximum absolute atomic E-state index is 11.7. The summed E-state index contributed by atoms with van der Waals surface area (Å²) >= 11 is 6.54. The minimum Gasteiger partial charge on any atom is -0.358 e. The molecule has 0 aliphatic heterocycles. The van der Waals surface area contributed by atoms with Crippen LogP contribution in [0.1, 0.15) is 46.0 Å². The van der Waals surface area contributed by atoms with E-state index in [9.17, 15) is 9.59 Å². The molecule has 0 atom stereocenters. The number of thioether (sulfide) groups is 1. The van der Waals surface area contributed by atoms with Crippen LogP contribution in [-0.2, 0) is 4.79 Å². The zero-order chi connectivity index (χ0) is 17.1. The molecular weight excluding hydrogens is 330 g/mol. The number of hydrogen-bond acceptors (Lipinski definition) is 4. The Hall–Kier alpha value is -1.08. The lowest BCUT2D eigenvalue weighted by atomic mass is 9.97. The third-order valence-corrected chi connectivity index (χ3v) is 5.24. The summed E-state index contributed by atoms with van der Waals surface area (Å²) in [5.74, 6) is -0.160. The minimum atomic E-state index is -0.430. The fourth-order valence-electron chi connectivity index (χ4n) is 2.38. The van der Waals surface area contributed by atoms with Crippen molar-refractivity contribution in [3.05, 3.63) is 11.6 Å². The molecule has 2 N–H and O–H groups in total. The fourth-order valence-corrected chi connectivity index (χ4v) is 3.58. The molecule has 0 saturated carbocycles. The molecule has 0 saturated heterocycles. The Morgan fingerprint density at radius 3 is 2.65 bits per heavy atom. The lowest BCUT2D eigenvalue weighted by Crippen LogP contribution is -2.41. The van der Waals surface area contributed by atoms with Crippen LogP contribution in [-0.4, -0.2) is 46.5 Å². The molecule has 0 aromatic carbocycles. The van der Waals surface area contributed by atoms with E-state index in [4.69, 9.17) is 12.2 Å². The Morgan fingerprint density at radius 1 is 1.30 bits per heavy atom. The molecular formula is C16H27N3O2S2. The monoisotopic (exact) mass is 357 g/mol. The average molecular weight is 358 g/mol. The van der Waals surface area contributed by atoms with Gasteiger partial charge in [0.05, 0.1) is 5.75 Å². The van der Waals surface area contributed by atoms with Gasteiger partial charge in [0.25, 0.3) is 0 Å².